The van der Waals surface area contributed by atoms with Crippen molar-refractivity contribution in [1.82, 2.24) is 15.5 Å². The second kappa shape index (κ2) is 6.94. The van der Waals surface area contributed by atoms with Gasteiger partial charge in [-0.05, 0) is 22.9 Å². The van der Waals surface area contributed by atoms with Crippen molar-refractivity contribution in [2.24, 2.45) is 0 Å². The molecule has 0 spiro atoms. The number of ether oxygens (including phenoxy) is 1. The summed E-state index contributed by atoms with van der Waals surface area (Å²) >= 11 is 0. The molecule has 4 rings (SSSR count). The molecule has 3 N–H and O–H groups in total. The van der Waals surface area contributed by atoms with Gasteiger partial charge in [0.05, 0.1) is 13.0 Å². The molecule has 3 aromatic rings. The van der Waals surface area contributed by atoms with Gasteiger partial charge in [0.2, 0.25) is 5.91 Å². The van der Waals surface area contributed by atoms with Crippen LogP contribution in [0.5, 0.6) is 5.75 Å². The third kappa shape index (κ3) is 3.49. The Hall–Kier alpha value is -2.86. The lowest BCUT2D eigenvalue weighted by Gasteiger charge is -2.13. The van der Waals surface area contributed by atoms with Crippen LogP contribution in [0.1, 0.15) is 17.7 Å². The van der Waals surface area contributed by atoms with E-state index in [-0.39, 0.29) is 12.3 Å². The van der Waals surface area contributed by atoms with Crippen LogP contribution in [0, 0.1) is 0 Å². The fraction of sp³-hybridized carbons (Fsp3) is 0.263. The summed E-state index contributed by atoms with van der Waals surface area (Å²) in [6.45, 7) is 1.99. The first-order valence-corrected chi connectivity index (χ1v) is 8.48. The van der Waals surface area contributed by atoms with E-state index in [9.17, 15) is 4.79 Å². The average Bonchev–Trinajstić information content (AvgIpc) is 3.05. The number of amides is 1. The van der Waals surface area contributed by atoms with Crippen LogP contribution in [0.25, 0.3) is 10.8 Å². The number of H-pyrrole nitrogens is 1. The summed E-state index contributed by atoms with van der Waals surface area (Å²) in [4.78, 5) is 12.1. The summed E-state index contributed by atoms with van der Waals surface area (Å²) in [7, 11) is 0. The van der Waals surface area contributed by atoms with Gasteiger partial charge in [-0.3, -0.25) is 9.89 Å². The molecule has 0 saturated carbocycles. The summed E-state index contributed by atoms with van der Waals surface area (Å²) in [6, 6.07) is 14.1. The summed E-state index contributed by atoms with van der Waals surface area (Å²) < 4.78 is 5.72. The minimum absolute atomic E-state index is 0.0966. The molecule has 1 aliphatic rings. The van der Waals surface area contributed by atoms with E-state index < -0.39 is 0 Å². The number of nitrogens with zero attached hydrogens (tertiary/aromatic N) is 1. The number of anilines is 1. The van der Waals surface area contributed by atoms with E-state index in [0.717, 1.165) is 41.9 Å². The van der Waals surface area contributed by atoms with Gasteiger partial charge in [-0.2, -0.15) is 5.10 Å². The average molecular weight is 336 g/mol. The van der Waals surface area contributed by atoms with Crippen molar-refractivity contribution in [1.29, 1.82) is 0 Å². The number of aromatic amines is 1. The predicted octanol–water partition coefficient (Wildman–Crippen LogP) is 2.62. The van der Waals surface area contributed by atoms with E-state index in [1.54, 1.807) is 0 Å². The highest BCUT2D eigenvalue weighted by atomic mass is 16.5. The smallest absolute Gasteiger partial charge is 0.229 e. The Bertz CT molecular complexity index is 903. The lowest BCUT2D eigenvalue weighted by atomic mass is 10.1. The second-order valence-electron chi connectivity index (χ2n) is 6.11. The first kappa shape index (κ1) is 15.7. The Morgan fingerprint density at radius 1 is 1.20 bits per heavy atom. The lowest BCUT2D eigenvalue weighted by molar-refractivity contribution is -0.116. The van der Waals surface area contributed by atoms with E-state index in [4.69, 9.17) is 4.74 Å². The number of carbonyl (C=O) groups is 1. The second-order valence-corrected chi connectivity index (χ2v) is 6.11. The maximum absolute atomic E-state index is 12.1. The maximum Gasteiger partial charge on any atom is 0.229 e. The SMILES string of the molecule is O=C(CCOc1ccc2ccccc2c1)Nc1n[nH]c2c1CNCC2. The number of carbonyl (C=O) groups excluding carboxylic acids is 1. The molecule has 25 heavy (non-hydrogen) atoms. The fourth-order valence-electron chi connectivity index (χ4n) is 3.04. The zero-order chi connectivity index (χ0) is 17.1. The highest BCUT2D eigenvalue weighted by Gasteiger charge is 2.17. The van der Waals surface area contributed by atoms with Gasteiger partial charge < -0.3 is 15.4 Å². The van der Waals surface area contributed by atoms with Crippen LogP contribution in [-0.4, -0.2) is 29.3 Å². The van der Waals surface area contributed by atoms with Gasteiger partial charge in [0.1, 0.15) is 5.75 Å². The minimum Gasteiger partial charge on any atom is -0.493 e. The molecule has 0 radical (unpaired) electrons. The number of hydrogen-bond donors (Lipinski definition) is 3. The molecule has 1 aromatic heterocycles. The van der Waals surface area contributed by atoms with Crippen molar-refractivity contribution in [3.8, 4) is 5.75 Å². The summed E-state index contributed by atoms with van der Waals surface area (Å²) in [5, 5.41) is 15.6. The van der Waals surface area contributed by atoms with Gasteiger partial charge in [-0.1, -0.05) is 30.3 Å². The zero-order valence-electron chi connectivity index (χ0n) is 13.8. The number of fused-ring (bicyclic) bond motifs is 2. The third-order valence-corrected chi connectivity index (χ3v) is 4.38. The van der Waals surface area contributed by atoms with Crippen LogP contribution in [-0.2, 0) is 17.8 Å². The predicted molar refractivity (Wildman–Crippen MR) is 96.7 cm³/mol. The molecule has 1 amide bonds. The number of rotatable bonds is 5. The Morgan fingerprint density at radius 2 is 2.08 bits per heavy atom. The molecule has 6 nitrogen and oxygen atoms in total. The third-order valence-electron chi connectivity index (χ3n) is 4.38. The molecule has 2 aromatic carbocycles. The Balaban J connectivity index is 1.32. The molecule has 1 aliphatic heterocycles. The molecule has 0 bridgehead atoms. The summed E-state index contributed by atoms with van der Waals surface area (Å²) in [6.07, 6.45) is 1.19. The summed E-state index contributed by atoms with van der Waals surface area (Å²) in [5.74, 6) is 1.30. The normalized spacial score (nSPS) is 13.4. The molecule has 6 heteroatoms. The molecular weight excluding hydrogens is 316 g/mol. The first-order valence-electron chi connectivity index (χ1n) is 8.48. The largest absolute Gasteiger partial charge is 0.493 e. The van der Waals surface area contributed by atoms with Gasteiger partial charge in [0.25, 0.3) is 0 Å². The summed E-state index contributed by atoms with van der Waals surface area (Å²) in [5.41, 5.74) is 2.15. The Kier molecular flexibility index (Phi) is 4.35. The van der Waals surface area contributed by atoms with E-state index in [2.05, 4.69) is 26.9 Å². The van der Waals surface area contributed by atoms with E-state index in [1.807, 2.05) is 36.4 Å². The van der Waals surface area contributed by atoms with Crippen LogP contribution >= 0.6 is 0 Å². The monoisotopic (exact) mass is 336 g/mol. The Morgan fingerprint density at radius 3 is 3.00 bits per heavy atom. The van der Waals surface area contributed by atoms with Gasteiger partial charge in [0.15, 0.2) is 5.82 Å². The number of nitrogens with one attached hydrogen (secondary N) is 3. The van der Waals surface area contributed by atoms with E-state index in [0.29, 0.717) is 12.4 Å². The quantitative estimate of drug-likeness (QED) is 0.669. The number of benzene rings is 2. The van der Waals surface area contributed by atoms with Crippen molar-refractivity contribution >= 4 is 22.5 Å². The first-order chi connectivity index (χ1) is 12.3. The maximum atomic E-state index is 12.1. The molecule has 0 aliphatic carbocycles. The molecule has 0 saturated heterocycles. The van der Waals surface area contributed by atoms with E-state index >= 15 is 0 Å². The number of aromatic nitrogens is 2. The standard InChI is InChI=1S/C19H20N4O2/c24-18(21-19-16-12-20-9-7-17(16)22-23-19)8-10-25-15-6-5-13-3-1-2-4-14(13)11-15/h1-6,11,20H,7-10,12H2,(H2,21,22,23,24). The zero-order valence-corrected chi connectivity index (χ0v) is 13.8. The van der Waals surface area contributed by atoms with Crippen molar-refractivity contribution in [3.63, 3.8) is 0 Å². The van der Waals surface area contributed by atoms with Crippen molar-refractivity contribution in [2.75, 3.05) is 18.5 Å². The van der Waals surface area contributed by atoms with Crippen LogP contribution in [0.2, 0.25) is 0 Å². The van der Waals surface area contributed by atoms with Crippen LogP contribution < -0.4 is 15.4 Å². The molecule has 128 valence electrons. The molecule has 2 heterocycles. The number of hydrogen-bond acceptors (Lipinski definition) is 4. The molecule has 0 unspecified atom stereocenters. The topological polar surface area (TPSA) is 79.0 Å². The van der Waals surface area contributed by atoms with Gasteiger partial charge in [0, 0.05) is 30.8 Å². The molecule has 0 atom stereocenters. The molecular formula is C19H20N4O2. The van der Waals surface area contributed by atoms with Crippen molar-refractivity contribution < 1.29 is 9.53 Å². The highest BCUT2D eigenvalue weighted by molar-refractivity contribution is 5.90. The van der Waals surface area contributed by atoms with Crippen LogP contribution in [0.3, 0.4) is 0 Å². The Labute approximate surface area is 145 Å². The van der Waals surface area contributed by atoms with Crippen molar-refractivity contribution in [3.05, 3.63) is 53.7 Å². The van der Waals surface area contributed by atoms with Gasteiger partial charge in [-0.15, -0.1) is 0 Å². The van der Waals surface area contributed by atoms with Gasteiger partial charge in [-0.25, -0.2) is 0 Å². The van der Waals surface area contributed by atoms with E-state index in [1.165, 1.54) is 5.39 Å². The fourth-order valence-corrected chi connectivity index (χ4v) is 3.04. The van der Waals surface area contributed by atoms with Crippen molar-refractivity contribution in [2.45, 2.75) is 19.4 Å². The van der Waals surface area contributed by atoms with Gasteiger partial charge >= 0.3 is 0 Å². The van der Waals surface area contributed by atoms with Crippen LogP contribution in [0.15, 0.2) is 42.5 Å². The lowest BCUT2D eigenvalue weighted by Crippen LogP contribution is -2.24. The molecule has 0 fully saturated rings. The van der Waals surface area contributed by atoms with Crippen LogP contribution in [0.4, 0.5) is 5.82 Å². The highest BCUT2D eigenvalue weighted by Crippen LogP contribution is 2.21. The minimum atomic E-state index is -0.0966.